The molecule has 0 spiro atoms. The van der Waals surface area contributed by atoms with Crippen molar-refractivity contribution in [3.63, 3.8) is 0 Å². The molecule has 1 unspecified atom stereocenters. The van der Waals surface area contributed by atoms with Gasteiger partial charge in [0.1, 0.15) is 0 Å². The smallest absolute Gasteiger partial charge is 0.153 e. The van der Waals surface area contributed by atoms with Gasteiger partial charge in [-0.25, -0.2) is 8.42 Å². The molecule has 1 rings (SSSR count). The lowest BCUT2D eigenvalue weighted by atomic mass is 10.0. The third kappa shape index (κ3) is 4.22. The van der Waals surface area contributed by atoms with Crippen LogP contribution in [0.25, 0.3) is 0 Å². The molecule has 5 heteroatoms. The van der Waals surface area contributed by atoms with Gasteiger partial charge in [-0.15, -0.1) is 11.6 Å². The molecule has 96 valence electrons. The Kier molecular flexibility index (Phi) is 5.54. The van der Waals surface area contributed by atoms with Gasteiger partial charge in [0.05, 0.1) is 11.0 Å². The first kappa shape index (κ1) is 14.3. The van der Waals surface area contributed by atoms with Crippen LogP contribution in [0.2, 0.25) is 0 Å². The topological polar surface area (TPSA) is 37.4 Å². The lowest BCUT2D eigenvalue weighted by molar-refractivity contribution is 0.195. The number of hydrogen-bond acceptors (Lipinski definition) is 3. The van der Waals surface area contributed by atoms with E-state index in [1.165, 1.54) is 6.42 Å². The van der Waals surface area contributed by atoms with Gasteiger partial charge in [-0.2, -0.15) is 0 Å². The Morgan fingerprint density at radius 1 is 1.44 bits per heavy atom. The minimum Gasteiger partial charge on any atom is -0.302 e. The molecule has 0 radical (unpaired) electrons. The van der Waals surface area contributed by atoms with Crippen LogP contribution in [0, 0.1) is 5.92 Å². The molecule has 0 aromatic heterocycles. The highest BCUT2D eigenvalue weighted by Crippen LogP contribution is 2.17. The average Bonchev–Trinajstić information content (AvgIpc) is 2.26. The van der Waals surface area contributed by atoms with Crippen molar-refractivity contribution in [3.8, 4) is 0 Å². The second kappa shape index (κ2) is 6.22. The molecule has 0 aromatic rings. The Hall–Kier alpha value is 0.200. The monoisotopic (exact) mass is 267 g/mol. The minimum absolute atomic E-state index is 0.263. The number of alkyl halides is 1. The zero-order valence-electron chi connectivity index (χ0n) is 10.2. The highest BCUT2D eigenvalue weighted by Gasteiger charge is 2.22. The largest absolute Gasteiger partial charge is 0.302 e. The number of sulfone groups is 1. The van der Waals surface area contributed by atoms with Gasteiger partial charge >= 0.3 is 0 Å². The number of halogens is 1. The lowest BCUT2D eigenvalue weighted by Gasteiger charge is -2.31. The van der Waals surface area contributed by atoms with Crippen LogP contribution in [-0.2, 0) is 9.84 Å². The van der Waals surface area contributed by atoms with Crippen molar-refractivity contribution in [2.75, 3.05) is 31.3 Å². The Bertz CT molecular complexity index is 303. The fourth-order valence-electron chi connectivity index (χ4n) is 1.97. The van der Waals surface area contributed by atoms with Gasteiger partial charge in [-0.1, -0.05) is 0 Å². The first-order valence-corrected chi connectivity index (χ1v) is 8.20. The molecule has 16 heavy (non-hydrogen) atoms. The fraction of sp³-hybridized carbons (Fsp3) is 1.00. The van der Waals surface area contributed by atoms with Crippen molar-refractivity contribution in [3.05, 3.63) is 0 Å². The second-order valence-corrected chi connectivity index (χ2v) is 7.86. The van der Waals surface area contributed by atoms with Crippen LogP contribution >= 0.6 is 11.6 Å². The zero-order valence-corrected chi connectivity index (χ0v) is 11.7. The van der Waals surface area contributed by atoms with E-state index in [4.69, 9.17) is 11.6 Å². The van der Waals surface area contributed by atoms with Crippen molar-refractivity contribution in [1.29, 1.82) is 0 Å². The Labute approximate surface area is 104 Å². The van der Waals surface area contributed by atoms with E-state index in [-0.39, 0.29) is 11.0 Å². The number of likely N-dealkylation sites (tertiary alicyclic amines) is 1. The number of hydrogen-bond donors (Lipinski definition) is 0. The maximum Gasteiger partial charge on any atom is 0.153 e. The van der Waals surface area contributed by atoms with Crippen LogP contribution in [0.15, 0.2) is 0 Å². The first-order chi connectivity index (χ1) is 7.45. The van der Waals surface area contributed by atoms with Crippen molar-refractivity contribution < 1.29 is 8.42 Å². The SMILES string of the molecule is CC(C)S(=O)(=O)CCN1CCCC(CCl)C1. The van der Waals surface area contributed by atoms with Crippen molar-refractivity contribution >= 4 is 21.4 Å². The van der Waals surface area contributed by atoms with Gasteiger partial charge < -0.3 is 4.90 Å². The summed E-state index contributed by atoms with van der Waals surface area (Å²) in [5.74, 6) is 1.50. The van der Waals surface area contributed by atoms with Crippen LogP contribution in [0.5, 0.6) is 0 Å². The van der Waals surface area contributed by atoms with Crippen molar-refractivity contribution in [1.82, 2.24) is 4.90 Å². The molecule has 0 aromatic carbocycles. The highest BCUT2D eigenvalue weighted by molar-refractivity contribution is 7.92. The molecule has 1 saturated heterocycles. The van der Waals surface area contributed by atoms with Crippen LogP contribution in [0.1, 0.15) is 26.7 Å². The molecule has 0 bridgehead atoms. The van der Waals surface area contributed by atoms with Crippen LogP contribution in [0.4, 0.5) is 0 Å². The summed E-state index contributed by atoms with van der Waals surface area (Å²) in [6.07, 6.45) is 2.32. The Morgan fingerprint density at radius 2 is 2.12 bits per heavy atom. The third-order valence-corrected chi connectivity index (χ3v) is 5.86. The third-order valence-electron chi connectivity index (χ3n) is 3.23. The summed E-state index contributed by atoms with van der Waals surface area (Å²) < 4.78 is 23.3. The Morgan fingerprint density at radius 3 is 2.69 bits per heavy atom. The summed E-state index contributed by atoms with van der Waals surface area (Å²) in [7, 11) is -2.90. The van der Waals surface area contributed by atoms with E-state index in [0.717, 1.165) is 19.5 Å². The summed E-state index contributed by atoms with van der Waals surface area (Å²) in [6, 6.07) is 0. The molecule has 0 N–H and O–H groups in total. The molecule has 1 fully saturated rings. The first-order valence-electron chi connectivity index (χ1n) is 5.95. The quantitative estimate of drug-likeness (QED) is 0.713. The van der Waals surface area contributed by atoms with E-state index < -0.39 is 9.84 Å². The van der Waals surface area contributed by atoms with Gasteiger partial charge in [-0.3, -0.25) is 0 Å². The van der Waals surface area contributed by atoms with E-state index in [9.17, 15) is 8.42 Å². The van der Waals surface area contributed by atoms with Crippen LogP contribution < -0.4 is 0 Å². The van der Waals surface area contributed by atoms with Crippen molar-refractivity contribution in [2.45, 2.75) is 31.9 Å². The van der Waals surface area contributed by atoms with Gasteiger partial charge in [0.15, 0.2) is 9.84 Å². The summed E-state index contributed by atoms with van der Waals surface area (Å²) in [4.78, 5) is 2.23. The Balaban J connectivity index is 2.38. The average molecular weight is 268 g/mol. The molecular formula is C11H22ClNO2S. The maximum absolute atomic E-state index is 11.7. The van der Waals surface area contributed by atoms with E-state index >= 15 is 0 Å². The molecule has 1 heterocycles. The fourth-order valence-corrected chi connectivity index (χ4v) is 3.21. The molecule has 1 aliphatic heterocycles. The van der Waals surface area contributed by atoms with Crippen molar-refractivity contribution in [2.24, 2.45) is 5.92 Å². The predicted molar refractivity (Wildman–Crippen MR) is 68.8 cm³/mol. The van der Waals surface area contributed by atoms with Gasteiger partial charge in [0.2, 0.25) is 0 Å². The second-order valence-electron chi connectivity index (χ2n) is 4.88. The molecule has 0 aliphatic carbocycles. The van der Waals surface area contributed by atoms with Gasteiger partial charge in [-0.05, 0) is 39.2 Å². The maximum atomic E-state index is 11.7. The summed E-state index contributed by atoms with van der Waals surface area (Å²) >= 11 is 5.84. The number of nitrogens with zero attached hydrogens (tertiary/aromatic N) is 1. The molecule has 0 amide bonds. The minimum atomic E-state index is -2.90. The normalized spacial score (nSPS) is 23.9. The highest BCUT2D eigenvalue weighted by atomic mass is 35.5. The summed E-state index contributed by atoms with van der Waals surface area (Å²) in [6.45, 7) is 6.12. The predicted octanol–water partition coefficient (Wildman–Crippen LogP) is 1.76. The molecular weight excluding hydrogens is 246 g/mol. The van der Waals surface area contributed by atoms with Gasteiger partial charge in [0.25, 0.3) is 0 Å². The standard InChI is InChI=1S/C11H22ClNO2S/c1-10(2)16(14,15)7-6-13-5-3-4-11(8-12)9-13/h10-11H,3-9H2,1-2H3. The van der Waals surface area contributed by atoms with Gasteiger partial charge in [0, 0.05) is 19.0 Å². The van der Waals surface area contributed by atoms with Crippen LogP contribution in [0.3, 0.4) is 0 Å². The van der Waals surface area contributed by atoms with E-state index in [1.807, 2.05) is 0 Å². The molecule has 1 aliphatic rings. The van der Waals surface area contributed by atoms with E-state index in [2.05, 4.69) is 4.90 Å². The van der Waals surface area contributed by atoms with E-state index in [0.29, 0.717) is 18.3 Å². The number of piperidine rings is 1. The summed E-state index contributed by atoms with van der Waals surface area (Å²) in [5.41, 5.74) is 0. The molecule has 3 nitrogen and oxygen atoms in total. The van der Waals surface area contributed by atoms with Crippen LogP contribution in [-0.4, -0.2) is 49.8 Å². The van der Waals surface area contributed by atoms with E-state index in [1.54, 1.807) is 13.8 Å². The number of rotatable bonds is 5. The zero-order chi connectivity index (χ0) is 12.2. The molecule has 1 atom stereocenters. The lowest BCUT2D eigenvalue weighted by Crippen LogP contribution is -2.39. The summed E-state index contributed by atoms with van der Waals surface area (Å²) in [5, 5.41) is -0.263. The molecule has 0 saturated carbocycles.